The molecule has 1 fully saturated rings. The van der Waals surface area contributed by atoms with Crippen LogP contribution >= 0.6 is 0 Å². The Bertz CT molecular complexity index is 1520. The van der Waals surface area contributed by atoms with Crippen LogP contribution in [0.25, 0.3) is 16.9 Å². The standard InChI is InChI=1S/C23H22F3N7O3S/c1-2-36-18-8-6-17(7-9-18)33-22-20(29-30-33)21(27-15-28-22)31-10-12-32(13-11-31)37(34,35)19-5-3-4-16(14-19)23(24,25)26/h3-9,14-15H,2,10-13H2,1H3. The first kappa shape index (κ1) is 24.9. The second-order valence-electron chi connectivity index (χ2n) is 8.21. The number of hydrogen-bond donors (Lipinski definition) is 0. The highest BCUT2D eigenvalue weighted by Crippen LogP contribution is 2.32. The highest BCUT2D eigenvalue weighted by Gasteiger charge is 2.34. The molecule has 2 aromatic carbocycles. The van der Waals surface area contributed by atoms with E-state index in [4.69, 9.17) is 4.74 Å². The number of ether oxygens (including phenoxy) is 1. The molecular weight excluding hydrogens is 511 g/mol. The number of sulfonamides is 1. The third-order valence-corrected chi connectivity index (χ3v) is 7.84. The molecule has 0 aliphatic carbocycles. The Balaban J connectivity index is 1.35. The van der Waals surface area contributed by atoms with Crippen LogP contribution in [-0.2, 0) is 16.2 Å². The van der Waals surface area contributed by atoms with Crippen molar-refractivity contribution in [1.29, 1.82) is 0 Å². The monoisotopic (exact) mass is 533 g/mol. The molecule has 194 valence electrons. The van der Waals surface area contributed by atoms with Gasteiger partial charge in [-0.25, -0.2) is 18.4 Å². The van der Waals surface area contributed by atoms with Crippen molar-refractivity contribution in [3.05, 3.63) is 60.4 Å². The summed E-state index contributed by atoms with van der Waals surface area (Å²) >= 11 is 0. The molecule has 37 heavy (non-hydrogen) atoms. The lowest BCUT2D eigenvalue weighted by atomic mass is 10.2. The van der Waals surface area contributed by atoms with Crippen LogP contribution < -0.4 is 9.64 Å². The molecule has 0 atom stereocenters. The van der Waals surface area contributed by atoms with Gasteiger partial charge in [0.15, 0.2) is 17.0 Å². The van der Waals surface area contributed by atoms with Crippen LogP contribution in [0.2, 0.25) is 0 Å². The van der Waals surface area contributed by atoms with E-state index in [1.54, 1.807) is 4.68 Å². The van der Waals surface area contributed by atoms with Crippen LogP contribution in [0, 0.1) is 0 Å². The van der Waals surface area contributed by atoms with Crippen LogP contribution in [0.1, 0.15) is 12.5 Å². The zero-order valence-corrected chi connectivity index (χ0v) is 20.4. The van der Waals surface area contributed by atoms with E-state index in [1.807, 2.05) is 36.1 Å². The van der Waals surface area contributed by atoms with E-state index in [0.29, 0.717) is 29.7 Å². The van der Waals surface area contributed by atoms with Crippen molar-refractivity contribution in [2.24, 2.45) is 0 Å². The second kappa shape index (κ2) is 9.59. The highest BCUT2D eigenvalue weighted by atomic mass is 32.2. The van der Waals surface area contributed by atoms with E-state index < -0.39 is 26.7 Å². The normalized spacial score (nSPS) is 15.3. The van der Waals surface area contributed by atoms with Crippen molar-refractivity contribution in [2.45, 2.75) is 18.0 Å². The van der Waals surface area contributed by atoms with Crippen LogP contribution in [0.15, 0.2) is 59.8 Å². The predicted molar refractivity (Wildman–Crippen MR) is 128 cm³/mol. The smallest absolute Gasteiger partial charge is 0.416 e. The van der Waals surface area contributed by atoms with Crippen molar-refractivity contribution >= 4 is 27.0 Å². The zero-order valence-electron chi connectivity index (χ0n) is 19.6. The first-order chi connectivity index (χ1) is 17.7. The number of benzene rings is 2. The summed E-state index contributed by atoms with van der Waals surface area (Å²) in [6, 6.07) is 11.1. The molecular formula is C23H22F3N7O3S. The summed E-state index contributed by atoms with van der Waals surface area (Å²) in [5.74, 6) is 1.22. The lowest BCUT2D eigenvalue weighted by molar-refractivity contribution is -0.137. The van der Waals surface area contributed by atoms with Gasteiger partial charge in [-0.1, -0.05) is 11.3 Å². The van der Waals surface area contributed by atoms with Crippen LogP contribution in [0.4, 0.5) is 19.0 Å². The molecule has 0 spiro atoms. The van der Waals surface area contributed by atoms with Gasteiger partial charge in [0.25, 0.3) is 0 Å². The average molecular weight is 534 g/mol. The van der Waals surface area contributed by atoms with Gasteiger partial charge in [-0.3, -0.25) is 0 Å². The molecule has 0 saturated carbocycles. The Morgan fingerprint density at radius 1 is 1.00 bits per heavy atom. The van der Waals surface area contributed by atoms with E-state index in [2.05, 4.69) is 20.3 Å². The Kier molecular flexibility index (Phi) is 6.45. The van der Waals surface area contributed by atoms with Gasteiger partial charge in [-0.2, -0.15) is 22.2 Å². The third-order valence-electron chi connectivity index (χ3n) is 5.95. The maximum absolute atomic E-state index is 13.1. The summed E-state index contributed by atoms with van der Waals surface area (Å²) in [5, 5.41) is 8.47. The lowest BCUT2D eigenvalue weighted by Crippen LogP contribution is -2.49. The fourth-order valence-electron chi connectivity index (χ4n) is 4.11. The van der Waals surface area contributed by atoms with Gasteiger partial charge in [-0.05, 0) is 49.4 Å². The number of alkyl halides is 3. The number of halogens is 3. The van der Waals surface area contributed by atoms with Crippen molar-refractivity contribution in [3.8, 4) is 11.4 Å². The molecule has 14 heteroatoms. The van der Waals surface area contributed by atoms with Gasteiger partial charge in [-0.15, -0.1) is 5.10 Å². The highest BCUT2D eigenvalue weighted by molar-refractivity contribution is 7.89. The summed E-state index contributed by atoms with van der Waals surface area (Å²) in [4.78, 5) is 10.1. The van der Waals surface area contributed by atoms with Crippen molar-refractivity contribution in [2.75, 3.05) is 37.7 Å². The van der Waals surface area contributed by atoms with Crippen LogP contribution in [0.3, 0.4) is 0 Å². The minimum Gasteiger partial charge on any atom is -0.494 e. The van der Waals surface area contributed by atoms with E-state index in [9.17, 15) is 21.6 Å². The fraction of sp³-hybridized carbons (Fsp3) is 0.304. The number of nitrogens with zero attached hydrogens (tertiary/aromatic N) is 7. The quantitative estimate of drug-likeness (QED) is 0.372. The lowest BCUT2D eigenvalue weighted by Gasteiger charge is -2.34. The molecule has 0 bridgehead atoms. The summed E-state index contributed by atoms with van der Waals surface area (Å²) in [6.07, 6.45) is -3.25. The Labute approximate surface area is 210 Å². The second-order valence-corrected chi connectivity index (χ2v) is 10.2. The summed E-state index contributed by atoms with van der Waals surface area (Å²) in [7, 11) is -4.10. The number of rotatable bonds is 6. The minimum absolute atomic E-state index is 0.0666. The fourth-order valence-corrected chi connectivity index (χ4v) is 5.58. The van der Waals surface area contributed by atoms with E-state index in [0.717, 1.165) is 23.6 Å². The maximum Gasteiger partial charge on any atom is 0.416 e. The molecule has 4 aromatic rings. The molecule has 1 aliphatic heterocycles. The van der Waals surface area contributed by atoms with Gasteiger partial charge < -0.3 is 9.64 Å². The van der Waals surface area contributed by atoms with Crippen molar-refractivity contribution in [1.82, 2.24) is 29.3 Å². The first-order valence-electron chi connectivity index (χ1n) is 11.4. The summed E-state index contributed by atoms with van der Waals surface area (Å²) in [5.41, 5.74) is 0.651. The maximum atomic E-state index is 13.1. The number of aromatic nitrogens is 5. The molecule has 10 nitrogen and oxygen atoms in total. The SMILES string of the molecule is CCOc1ccc(-n2nnc3c(N4CCN(S(=O)(=O)c5cccc(C(F)(F)F)c5)CC4)ncnc32)cc1. The predicted octanol–water partition coefficient (Wildman–Crippen LogP) is 3.14. The van der Waals surface area contributed by atoms with E-state index in [1.165, 1.54) is 16.7 Å². The van der Waals surface area contributed by atoms with Gasteiger partial charge in [0, 0.05) is 26.2 Å². The molecule has 0 amide bonds. The molecule has 2 aromatic heterocycles. The molecule has 1 saturated heterocycles. The van der Waals surface area contributed by atoms with Gasteiger partial charge >= 0.3 is 6.18 Å². The summed E-state index contributed by atoms with van der Waals surface area (Å²) < 4.78 is 73.5. The number of anilines is 1. The van der Waals surface area contributed by atoms with E-state index in [-0.39, 0.29) is 26.2 Å². The van der Waals surface area contributed by atoms with Crippen LogP contribution in [0.5, 0.6) is 5.75 Å². The summed E-state index contributed by atoms with van der Waals surface area (Å²) in [6.45, 7) is 3.11. The van der Waals surface area contributed by atoms with Gasteiger partial charge in [0.1, 0.15) is 12.1 Å². The largest absolute Gasteiger partial charge is 0.494 e. The van der Waals surface area contributed by atoms with Crippen molar-refractivity contribution < 1.29 is 26.3 Å². The van der Waals surface area contributed by atoms with Gasteiger partial charge in [0.05, 0.1) is 22.8 Å². The molecule has 0 N–H and O–H groups in total. The molecule has 1 aliphatic rings. The topological polar surface area (TPSA) is 106 Å². The first-order valence-corrected chi connectivity index (χ1v) is 12.8. The molecule has 5 rings (SSSR count). The Hall–Kier alpha value is -3.78. The average Bonchev–Trinajstić information content (AvgIpc) is 3.33. The van der Waals surface area contributed by atoms with E-state index >= 15 is 0 Å². The molecule has 3 heterocycles. The molecule has 0 unspecified atom stereocenters. The van der Waals surface area contributed by atoms with Crippen molar-refractivity contribution in [3.63, 3.8) is 0 Å². The Morgan fingerprint density at radius 3 is 2.41 bits per heavy atom. The number of hydrogen-bond acceptors (Lipinski definition) is 8. The molecule has 0 radical (unpaired) electrons. The Morgan fingerprint density at radius 2 is 1.73 bits per heavy atom. The van der Waals surface area contributed by atoms with Gasteiger partial charge in [0.2, 0.25) is 10.0 Å². The number of fused-ring (bicyclic) bond motifs is 1. The number of piperazine rings is 1. The minimum atomic E-state index is -4.63. The van der Waals surface area contributed by atoms with Crippen LogP contribution in [-0.4, -0.2) is 70.5 Å². The zero-order chi connectivity index (χ0) is 26.2. The third kappa shape index (κ3) is 4.81.